The van der Waals surface area contributed by atoms with Gasteiger partial charge in [0, 0.05) is 18.3 Å². The van der Waals surface area contributed by atoms with Gasteiger partial charge in [-0.2, -0.15) is 5.10 Å². The largest absolute Gasteiger partial charge is 0.350 e. The standard InChI is InChI=1S/C20H16ClFN6O2/c21-17-6-5-13(9-24-17)19(29)23-7-8-28-18-15(10-26-28)20(30)27(12-25-18)11-14-3-1-2-4-16(14)22/h1-6,9-10,12H,7-8,11H2,(H,23,29). The van der Waals surface area contributed by atoms with E-state index in [1.165, 1.54) is 40.1 Å². The molecule has 0 aliphatic carbocycles. The molecule has 0 unspecified atom stereocenters. The molecule has 0 bridgehead atoms. The molecule has 3 aromatic heterocycles. The zero-order chi connectivity index (χ0) is 21.1. The fraction of sp³-hybridized carbons (Fsp3) is 0.150. The van der Waals surface area contributed by atoms with Gasteiger partial charge in [0.2, 0.25) is 0 Å². The Kier molecular flexibility index (Phi) is 5.53. The quantitative estimate of drug-likeness (QED) is 0.477. The number of rotatable bonds is 6. The van der Waals surface area contributed by atoms with Crippen LogP contribution >= 0.6 is 11.6 Å². The molecule has 1 N–H and O–H groups in total. The highest BCUT2D eigenvalue weighted by Crippen LogP contribution is 2.10. The summed E-state index contributed by atoms with van der Waals surface area (Å²) in [6, 6.07) is 9.38. The van der Waals surface area contributed by atoms with E-state index in [1.807, 2.05) is 0 Å². The highest BCUT2D eigenvalue weighted by Gasteiger charge is 2.12. The molecule has 0 saturated heterocycles. The van der Waals surface area contributed by atoms with E-state index in [0.29, 0.717) is 33.9 Å². The van der Waals surface area contributed by atoms with Crippen LogP contribution in [-0.2, 0) is 13.1 Å². The van der Waals surface area contributed by atoms with Crippen molar-refractivity contribution in [1.29, 1.82) is 0 Å². The summed E-state index contributed by atoms with van der Waals surface area (Å²) in [6.07, 6.45) is 4.18. The first-order chi connectivity index (χ1) is 14.5. The average Bonchev–Trinajstić information content (AvgIpc) is 3.16. The minimum absolute atomic E-state index is 0.0742. The molecule has 10 heteroatoms. The Labute approximate surface area is 175 Å². The zero-order valence-electron chi connectivity index (χ0n) is 15.6. The highest BCUT2D eigenvalue weighted by molar-refractivity contribution is 6.29. The lowest BCUT2D eigenvalue weighted by atomic mass is 10.2. The van der Waals surface area contributed by atoms with E-state index in [0.717, 1.165) is 0 Å². The lowest BCUT2D eigenvalue weighted by molar-refractivity contribution is 0.0951. The van der Waals surface area contributed by atoms with Gasteiger partial charge in [-0.1, -0.05) is 29.8 Å². The molecule has 4 aromatic rings. The Balaban J connectivity index is 1.46. The number of nitrogens with zero attached hydrogens (tertiary/aromatic N) is 5. The van der Waals surface area contributed by atoms with Crippen LogP contribution in [0.25, 0.3) is 11.0 Å². The Morgan fingerprint density at radius 3 is 2.73 bits per heavy atom. The van der Waals surface area contributed by atoms with E-state index in [2.05, 4.69) is 20.4 Å². The summed E-state index contributed by atoms with van der Waals surface area (Å²) in [7, 11) is 0. The minimum Gasteiger partial charge on any atom is -0.350 e. The average molecular weight is 427 g/mol. The molecular weight excluding hydrogens is 411 g/mol. The molecule has 0 aliphatic heterocycles. The maximum Gasteiger partial charge on any atom is 0.264 e. The second-order valence-corrected chi connectivity index (χ2v) is 6.89. The lowest BCUT2D eigenvalue weighted by Crippen LogP contribution is -2.28. The SMILES string of the molecule is O=C(NCCn1ncc2c(=O)n(Cc3ccccc3F)cnc21)c1ccc(Cl)nc1. The van der Waals surface area contributed by atoms with E-state index in [-0.39, 0.29) is 30.4 Å². The van der Waals surface area contributed by atoms with Crippen molar-refractivity contribution in [1.82, 2.24) is 29.6 Å². The van der Waals surface area contributed by atoms with E-state index >= 15 is 0 Å². The number of carbonyl (C=O) groups is 1. The normalized spacial score (nSPS) is 11.0. The molecule has 3 heterocycles. The Morgan fingerprint density at radius 2 is 1.97 bits per heavy atom. The smallest absolute Gasteiger partial charge is 0.264 e. The monoisotopic (exact) mass is 426 g/mol. The fourth-order valence-corrected chi connectivity index (χ4v) is 3.08. The van der Waals surface area contributed by atoms with Crippen molar-refractivity contribution in [2.75, 3.05) is 6.54 Å². The molecule has 0 fully saturated rings. The Bertz CT molecular complexity index is 1270. The van der Waals surface area contributed by atoms with Crippen LogP contribution < -0.4 is 10.9 Å². The van der Waals surface area contributed by atoms with Gasteiger partial charge in [0.15, 0.2) is 5.65 Å². The summed E-state index contributed by atoms with van der Waals surface area (Å²) >= 11 is 5.71. The number of nitrogens with one attached hydrogen (secondary N) is 1. The molecule has 0 radical (unpaired) electrons. The van der Waals surface area contributed by atoms with Crippen LogP contribution in [0.1, 0.15) is 15.9 Å². The lowest BCUT2D eigenvalue weighted by Gasteiger charge is -2.08. The van der Waals surface area contributed by atoms with Crippen molar-refractivity contribution in [2.45, 2.75) is 13.1 Å². The van der Waals surface area contributed by atoms with Gasteiger partial charge < -0.3 is 5.32 Å². The van der Waals surface area contributed by atoms with Crippen molar-refractivity contribution in [3.05, 3.63) is 87.6 Å². The second kappa shape index (κ2) is 8.42. The van der Waals surface area contributed by atoms with Crippen LogP contribution in [-0.4, -0.2) is 36.8 Å². The number of halogens is 2. The van der Waals surface area contributed by atoms with Gasteiger partial charge in [-0.25, -0.2) is 19.0 Å². The number of aromatic nitrogens is 5. The third-order valence-corrected chi connectivity index (χ3v) is 4.74. The molecule has 0 atom stereocenters. The summed E-state index contributed by atoms with van der Waals surface area (Å²) < 4.78 is 16.7. The van der Waals surface area contributed by atoms with E-state index in [1.54, 1.807) is 24.3 Å². The van der Waals surface area contributed by atoms with Crippen LogP contribution in [0, 0.1) is 5.82 Å². The number of carbonyl (C=O) groups excluding carboxylic acids is 1. The van der Waals surface area contributed by atoms with Gasteiger partial charge in [-0.15, -0.1) is 0 Å². The molecule has 152 valence electrons. The maximum atomic E-state index is 13.9. The molecule has 4 rings (SSSR count). The van der Waals surface area contributed by atoms with Crippen LogP contribution in [0.5, 0.6) is 0 Å². The molecule has 0 saturated carbocycles. The van der Waals surface area contributed by atoms with Gasteiger partial charge in [0.25, 0.3) is 11.5 Å². The number of hydrogen-bond acceptors (Lipinski definition) is 5. The molecule has 0 aliphatic rings. The first kappa shape index (κ1) is 19.7. The first-order valence-corrected chi connectivity index (χ1v) is 9.45. The summed E-state index contributed by atoms with van der Waals surface area (Å²) in [4.78, 5) is 33.0. The van der Waals surface area contributed by atoms with Gasteiger partial charge >= 0.3 is 0 Å². The topological polar surface area (TPSA) is 94.7 Å². The minimum atomic E-state index is -0.383. The van der Waals surface area contributed by atoms with Crippen LogP contribution in [0.15, 0.2) is 59.9 Å². The van der Waals surface area contributed by atoms with Crippen molar-refractivity contribution in [3.8, 4) is 0 Å². The van der Waals surface area contributed by atoms with Crippen molar-refractivity contribution in [3.63, 3.8) is 0 Å². The van der Waals surface area contributed by atoms with Crippen molar-refractivity contribution < 1.29 is 9.18 Å². The second-order valence-electron chi connectivity index (χ2n) is 6.50. The van der Waals surface area contributed by atoms with Gasteiger partial charge in [0.05, 0.1) is 24.8 Å². The number of hydrogen-bond donors (Lipinski definition) is 1. The van der Waals surface area contributed by atoms with E-state index in [9.17, 15) is 14.0 Å². The van der Waals surface area contributed by atoms with Crippen LogP contribution in [0.3, 0.4) is 0 Å². The molecule has 1 aromatic carbocycles. The van der Waals surface area contributed by atoms with Crippen molar-refractivity contribution >= 4 is 28.5 Å². The molecular formula is C20H16ClFN6O2. The van der Waals surface area contributed by atoms with Gasteiger partial charge in [-0.3, -0.25) is 14.2 Å². The van der Waals surface area contributed by atoms with Crippen LogP contribution in [0.2, 0.25) is 5.15 Å². The molecule has 8 nitrogen and oxygen atoms in total. The predicted octanol–water partition coefficient (Wildman–Crippen LogP) is 2.26. The van der Waals surface area contributed by atoms with Crippen molar-refractivity contribution in [2.24, 2.45) is 0 Å². The molecule has 0 spiro atoms. The zero-order valence-corrected chi connectivity index (χ0v) is 16.4. The third kappa shape index (κ3) is 4.06. The van der Waals surface area contributed by atoms with Crippen LogP contribution in [0.4, 0.5) is 4.39 Å². The number of amides is 1. The van der Waals surface area contributed by atoms with E-state index in [4.69, 9.17) is 11.6 Å². The maximum absolute atomic E-state index is 13.9. The Morgan fingerprint density at radius 1 is 1.13 bits per heavy atom. The summed E-state index contributed by atoms with van der Waals surface area (Å²) in [5.41, 5.74) is 0.865. The fourth-order valence-electron chi connectivity index (χ4n) is 2.97. The number of pyridine rings is 1. The highest BCUT2D eigenvalue weighted by atomic mass is 35.5. The third-order valence-electron chi connectivity index (χ3n) is 4.52. The Hall–Kier alpha value is -3.59. The van der Waals surface area contributed by atoms with E-state index < -0.39 is 0 Å². The molecule has 30 heavy (non-hydrogen) atoms. The summed E-state index contributed by atoms with van der Waals surface area (Å²) in [6.45, 7) is 0.670. The number of benzene rings is 1. The van der Waals surface area contributed by atoms with Gasteiger partial charge in [0.1, 0.15) is 22.7 Å². The molecule has 1 amide bonds. The van der Waals surface area contributed by atoms with Gasteiger partial charge in [-0.05, 0) is 18.2 Å². The first-order valence-electron chi connectivity index (χ1n) is 9.07. The summed E-state index contributed by atoms with van der Waals surface area (Å²) in [5.74, 6) is -0.678. The summed E-state index contributed by atoms with van der Waals surface area (Å²) in [5, 5.41) is 7.57. The number of fused-ring (bicyclic) bond motifs is 1. The predicted molar refractivity (Wildman–Crippen MR) is 109 cm³/mol.